The molecule has 414 valence electrons. The van der Waals surface area contributed by atoms with Gasteiger partial charge in [0.05, 0.1) is 42.4 Å². The normalized spacial score (nSPS) is 12.8. The summed E-state index contributed by atoms with van der Waals surface area (Å²) in [5, 5.41) is 14.0. The Hall–Kier alpha value is -6.73. The summed E-state index contributed by atoms with van der Waals surface area (Å²) < 4.78 is 4.55. The smallest absolute Gasteiger partial charge is 0.161 e. The van der Waals surface area contributed by atoms with Crippen molar-refractivity contribution in [3.8, 4) is 73.3 Å². The van der Waals surface area contributed by atoms with Crippen LogP contribution in [0.15, 0.2) is 146 Å². The third kappa shape index (κ3) is 11.1. The fourth-order valence-electron chi connectivity index (χ4n) is 10.6. The van der Waals surface area contributed by atoms with Gasteiger partial charge >= 0.3 is 0 Å². The van der Waals surface area contributed by atoms with Crippen LogP contribution in [-0.2, 0) is 48.1 Å². The van der Waals surface area contributed by atoms with Gasteiger partial charge in [-0.1, -0.05) is 226 Å². The Bertz CT molecular complexity index is 3960. The van der Waals surface area contributed by atoms with Gasteiger partial charge in [0.1, 0.15) is 22.9 Å². The molecule has 80 heavy (non-hydrogen) atoms. The summed E-state index contributed by atoms with van der Waals surface area (Å²) in [6.45, 7) is 40.5. The van der Waals surface area contributed by atoms with Gasteiger partial charge in [0.25, 0.3) is 0 Å². The first kappa shape index (κ1) is 57.9. The largest absolute Gasteiger partial charge is 0.507 e. The second kappa shape index (κ2) is 20.7. The van der Waals surface area contributed by atoms with Crippen molar-refractivity contribution < 1.29 is 26.2 Å². The van der Waals surface area contributed by atoms with Gasteiger partial charge in [-0.25, -0.2) is 15.0 Å². The summed E-state index contributed by atoms with van der Waals surface area (Å²) >= 11 is 0. The Labute approximate surface area is 491 Å². The molecule has 0 aliphatic carbocycles. The van der Waals surface area contributed by atoms with E-state index in [2.05, 4.69) is 278 Å². The van der Waals surface area contributed by atoms with Crippen molar-refractivity contribution in [2.75, 3.05) is 0 Å². The number of fused-ring (bicyclic) bond motifs is 2. The number of imidazole rings is 2. The molecule has 7 nitrogen and oxygen atoms in total. The molecule has 1 N–H and O–H groups in total. The van der Waals surface area contributed by atoms with Gasteiger partial charge in [0.15, 0.2) is 5.65 Å². The molecule has 9 heteroatoms. The van der Waals surface area contributed by atoms with Crippen LogP contribution in [0.4, 0.5) is 0 Å². The molecule has 10 rings (SSSR count). The number of aromatic hydroxyl groups is 1. The standard InChI is InChI=1S/C71H79N6OSi.Pt/c1-67(2,3)48-32-34-58(53(39-48)44-26-21-19-22-27-44)76-60-31-25-30-52(61(60)74-64(76)55-41-50(69(7,8)9)42-56(62(55)78)70(10,11)12)46-36-47(38-51(37-46)79(16,17)18)63-73-57-43-72-66(71(13,14)15)75-65(57)77(63)59-35-33-49(68(4,5)6)40-54(59)45-28-23-20-24-29-45;/h19-35,37-43,78H,1-18H3;/q-1;. The average Bonchev–Trinajstić information content (AvgIpc) is 4.10. The minimum absolute atomic E-state index is 0. The summed E-state index contributed by atoms with van der Waals surface area (Å²) in [5.74, 6) is 2.39. The number of para-hydroxylation sites is 1. The van der Waals surface area contributed by atoms with Gasteiger partial charge in [-0.3, -0.25) is 9.55 Å². The number of phenolic OH excluding ortho intramolecular Hbond substituents is 1. The Morgan fingerprint density at radius 2 is 0.988 bits per heavy atom. The van der Waals surface area contributed by atoms with Crippen molar-refractivity contribution in [2.24, 2.45) is 0 Å². The molecular weight excluding hydrogens is 1180 g/mol. The number of hydrogen-bond donors (Lipinski definition) is 1. The van der Waals surface area contributed by atoms with Crippen molar-refractivity contribution in [3.05, 3.63) is 180 Å². The number of benzene rings is 7. The van der Waals surface area contributed by atoms with E-state index in [1.807, 2.05) is 6.20 Å². The van der Waals surface area contributed by atoms with Gasteiger partial charge in [-0.2, -0.15) is 0 Å². The van der Waals surface area contributed by atoms with E-state index in [1.54, 1.807) is 0 Å². The predicted molar refractivity (Wildman–Crippen MR) is 335 cm³/mol. The van der Waals surface area contributed by atoms with Crippen LogP contribution in [0, 0.1) is 6.07 Å². The molecule has 0 atom stereocenters. The zero-order valence-corrected chi connectivity index (χ0v) is 53.6. The van der Waals surface area contributed by atoms with E-state index in [0.717, 1.165) is 89.8 Å². The van der Waals surface area contributed by atoms with Crippen LogP contribution in [0.5, 0.6) is 5.75 Å². The molecular formula is C71H79N6OPtSi-. The molecule has 0 aliphatic rings. The second-order valence-corrected chi connectivity index (χ2v) is 33.0. The van der Waals surface area contributed by atoms with E-state index in [-0.39, 0.29) is 53.9 Å². The third-order valence-electron chi connectivity index (χ3n) is 15.4. The van der Waals surface area contributed by atoms with Crippen LogP contribution in [0.25, 0.3) is 89.7 Å². The monoisotopic (exact) mass is 1250 g/mol. The van der Waals surface area contributed by atoms with Gasteiger partial charge in [0, 0.05) is 48.9 Å². The predicted octanol–water partition coefficient (Wildman–Crippen LogP) is 18.0. The maximum atomic E-state index is 12.8. The van der Waals surface area contributed by atoms with Gasteiger partial charge < -0.3 is 9.67 Å². The van der Waals surface area contributed by atoms with Crippen molar-refractivity contribution in [2.45, 2.75) is 151 Å². The molecule has 10 aromatic rings. The summed E-state index contributed by atoms with van der Waals surface area (Å²) in [6.07, 6.45) is 1.89. The second-order valence-electron chi connectivity index (χ2n) is 27.9. The minimum atomic E-state index is -2.07. The molecule has 0 radical (unpaired) electrons. The minimum Gasteiger partial charge on any atom is -0.507 e. The molecule has 0 bridgehead atoms. The first-order valence-corrected chi connectivity index (χ1v) is 31.5. The van der Waals surface area contributed by atoms with E-state index >= 15 is 0 Å². The van der Waals surface area contributed by atoms with E-state index in [9.17, 15) is 5.11 Å². The Morgan fingerprint density at radius 1 is 0.463 bits per heavy atom. The first-order valence-electron chi connectivity index (χ1n) is 28.0. The van der Waals surface area contributed by atoms with Gasteiger partial charge in [-0.15, -0.1) is 28.9 Å². The SMILES string of the molecule is CC(C)(C)c1ccc(-n2c(-c3cc(C(C)(C)C)cc(C(C)(C)C)c3O)nc3c(-c4[c-]c(-c5nc6cnc(C(C)(C)C)nc6n5-c5ccc(C(C)(C)C)cc5-c5ccccc5)cc([Si](C)(C)C)c4)cccc32)c(-c2ccccc2)c1.[Pt]. The quantitative estimate of drug-likeness (QED) is 0.121. The first-order chi connectivity index (χ1) is 36.9. The van der Waals surface area contributed by atoms with Gasteiger partial charge in [0.2, 0.25) is 0 Å². The fourth-order valence-corrected chi connectivity index (χ4v) is 11.7. The number of phenols is 1. The van der Waals surface area contributed by atoms with Crippen LogP contribution < -0.4 is 5.19 Å². The number of hydrogen-bond acceptors (Lipinski definition) is 5. The van der Waals surface area contributed by atoms with E-state index in [0.29, 0.717) is 16.9 Å². The zero-order valence-electron chi connectivity index (χ0n) is 50.3. The van der Waals surface area contributed by atoms with Crippen LogP contribution in [0.1, 0.15) is 132 Å². The van der Waals surface area contributed by atoms with Crippen LogP contribution in [0.3, 0.4) is 0 Å². The molecule has 3 heterocycles. The van der Waals surface area contributed by atoms with Crippen molar-refractivity contribution in [3.63, 3.8) is 0 Å². The molecule has 7 aromatic carbocycles. The molecule has 0 unspecified atom stereocenters. The maximum absolute atomic E-state index is 12.8. The molecule has 0 spiro atoms. The Morgan fingerprint density at radius 3 is 1.50 bits per heavy atom. The van der Waals surface area contributed by atoms with E-state index in [1.165, 1.54) is 16.3 Å². The molecule has 0 saturated heterocycles. The summed E-state index contributed by atoms with van der Waals surface area (Å²) in [4.78, 5) is 21.6. The maximum Gasteiger partial charge on any atom is 0.161 e. The van der Waals surface area contributed by atoms with Crippen molar-refractivity contribution >= 4 is 35.5 Å². The van der Waals surface area contributed by atoms with Crippen LogP contribution in [0.2, 0.25) is 19.6 Å². The Kier molecular flexibility index (Phi) is 15.0. The number of aromatic nitrogens is 6. The number of rotatable bonds is 8. The summed E-state index contributed by atoms with van der Waals surface area (Å²) in [5.41, 5.74) is 16.3. The van der Waals surface area contributed by atoms with E-state index < -0.39 is 8.07 Å². The molecule has 0 amide bonds. The van der Waals surface area contributed by atoms with Crippen LogP contribution in [-0.4, -0.2) is 42.3 Å². The zero-order chi connectivity index (χ0) is 56.9. The topological polar surface area (TPSA) is 81.7 Å². The molecule has 0 saturated carbocycles. The third-order valence-corrected chi connectivity index (χ3v) is 17.4. The summed E-state index contributed by atoms with van der Waals surface area (Å²) in [6, 6.07) is 54.6. The molecule has 3 aromatic heterocycles. The Balaban J connectivity index is 0.00000774. The van der Waals surface area contributed by atoms with Crippen molar-refractivity contribution in [1.82, 2.24) is 29.1 Å². The fraction of sp³-hybridized carbons (Fsp3) is 0.324. The average molecular weight is 1260 g/mol. The molecule has 0 fully saturated rings. The van der Waals surface area contributed by atoms with Crippen LogP contribution >= 0.6 is 0 Å². The number of nitrogens with zero attached hydrogens (tertiary/aromatic N) is 6. The summed E-state index contributed by atoms with van der Waals surface area (Å²) in [7, 11) is -2.07. The van der Waals surface area contributed by atoms with E-state index in [4.69, 9.17) is 19.9 Å². The van der Waals surface area contributed by atoms with Crippen molar-refractivity contribution in [1.29, 1.82) is 0 Å². The molecule has 0 aliphatic heterocycles. The van der Waals surface area contributed by atoms with Gasteiger partial charge in [-0.05, 0) is 85.9 Å².